The van der Waals surface area contributed by atoms with Crippen LogP contribution in [0.1, 0.15) is 25.7 Å². The molecule has 3 rings (SSSR count). The lowest BCUT2D eigenvalue weighted by Gasteiger charge is -2.29. The van der Waals surface area contributed by atoms with E-state index in [9.17, 15) is 23.3 Å². The van der Waals surface area contributed by atoms with Gasteiger partial charge in [-0.3, -0.25) is 19.2 Å². The number of likely N-dealkylation sites (N-methyl/N-ethyl adjacent to an activating group) is 1. The van der Waals surface area contributed by atoms with Crippen LogP contribution in [0.4, 0.5) is 11.4 Å². The zero-order valence-corrected chi connectivity index (χ0v) is 16.9. The quantitative estimate of drug-likeness (QED) is 0.509. The monoisotopic (exact) mass is 417 g/mol. The molecule has 1 aliphatic carbocycles. The van der Waals surface area contributed by atoms with Crippen LogP contribution in [-0.2, 0) is 14.8 Å². The SMILES string of the molecule is CN(C(=O)CN(c1cccc([N+](=O)[O-])c1)S(=O)(=O)c1ccccc1)C1CCCC1. The molecule has 0 bridgehead atoms. The largest absolute Gasteiger partial charge is 0.341 e. The molecule has 0 spiro atoms. The second-order valence-corrected chi connectivity index (χ2v) is 8.91. The molecule has 1 amide bonds. The lowest BCUT2D eigenvalue weighted by atomic mass is 10.2. The van der Waals surface area contributed by atoms with Crippen LogP contribution in [-0.4, -0.2) is 43.8 Å². The molecule has 8 nitrogen and oxygen atoms in total. The van der Waals surface area contributed by atoms with Gasteiger partial charge >= 0.3 is 0 Å². The maximum absolute atomic E-state index is 13.3. The number of carbonyl (C=O) groups excluding carboxylic acids is 1. The summed E-state index contributed by atoms with van der Waals surface area (Å²) in [5.74, 6) is -0.345. The molecule has 9 heteroatoms. The molecule has 0 aromatic heterocycles. The van der Waals surface area contributed by atoms with Crippen molar-refractivity contribution in [3.63, 3.8) is 0 Å². The average Bonchev–Trinajstić information content (AvgIpc) is 3.26. The number of non-ortho nitro benzene ring substituents is 1. The maximum atomic E-state index is 13.3. The summed E-state index contributed by atoms with van der Waals surface area (Å²) >= 11 is 0. The number of nitro groups is 1. The maximum Gasteiger partial charge on any atom is 0.271 e. The minimum Gasteiger partial charge on any atom is -0.341 e. The fourth-order valence-electron chi connectivity index (χ4n) is 3.53. The van der Waals surface area contributed by atoms with Crippen molar-refractivity contribution in [2.45, 2.75) is 36.6 Å². The van der Waals surface area contributed by atoms with Crippen molar-refractivity contribution in [2.75, 3.05) is 17.9 Å². The number of amides is 1. The molecular formula is C20H23N3O5S. The van der Waals surface area contributed by atoms with Gasteiger partial charge in [0.15, 0.2) is 0 Å². The highest BCUT2D eigenvalue weighted by Crippen LogP contribution is 2.28. The van der Waals surface area contributed by atoms with E-state index in [1.165, 1.54) is 36.4 Å². The minimum atomic E-state index is -4.09. The van der Waals surface area contributed by atoms with E-state index >= 15 is 0 Å². The number of hydrogen-bond acceptors (Lipinski definition) is 5. The third-order valence-electron chi connectivity index (χ3n) is 5.20. The van der Waals surface area contributed by atoms with Gasteiger partial charge in [-0.1, -0.05) is 37.1 Å². The van der Waals surface area contributed by atoms with Crippen LogP contribution in [0, 0.1) is 10.1 Å². The molecule has 0 radical (unpaired) electrons. The Balaban J connectivity index is 1.98. The summed E-state index contributed by atoms with van der Waals surface area (Å²) in [5, 5.41) is 11.2. The zero-order valence-electron chi connectivity index (χ0n) is 16.1. The predicted octanol–water partition coefficient (Wildman–Crippen LogP) is 3.19. The third-order valence-corrected chi connectivity index (χ3v) is 6.99. The molecule has 1 saturated carbocycles. The highest BCUT2D eigenvalue weighted by Gasteiger charge is 2.31. The van der Waals surface area contributed by atoms with Crippen molar-refractivity contribution in [1.29, 1.82) is 0 Å². The first kappa shape index (κ1) is 20.8. The van der Waals surface area contributed by atoms with Crippen LogP contribution in [0.5, 0.6) is 0 Å². The van der Waals surface area contributed by atoms with Crippen LogP contribution in [0.25, 0.3) is 0 Å². The summed E-state index contributed by atoms with van der Waals surface area (Å²) in [7, 11) is -2.41. The smallest absolute Gasteiger partial charge is 0.271 e. The van der Waals surface area contributed by atoms with Crippen molar-refractivity contribution in [3.05, 3.63) is 64.7 Å². The first-order valence-corrected chi connectivity index (χ1v) is 10.8. The number of nitrogens with zero attached hydrogens (tertiary/aromatic N) is 3. The molecule has 2 aromatic rings. The van der Waals surface area contributed by atoms with Gasteiger partial charge in [0, 0.05) is 25.2 Å². The molecule has 1 aliphatic rings. The second kappa shape index (κ2) is 8.60. The van der Waals surface area contributed by atoms with E-state index in [2.05, 4.69) is 0 Å². The van der Waals surface area contributed by atoms with Crippen molar-refractivity contribution in [3.8, 4) is 0 Å². The van der Waals surface area contributed by atoms with Crippen LogP contribution in [0.2, 0.25) is 0 Å². The van der Waals surface area contributed by atoms with Crippen molar-refractivity contribution >= 4 is 27.3 Å². The lowest BCUT2D eigenvalue weighted by molar-refractivity contribution is -0.384. The van der Waals surface area contributed by atoms with Gasteiger partial charge in [0.2, 0.25) is 5.91 Å². The number of benzene rings is 2. The van der Waals surface area contributed by atoms with Gasteiger partial charge in [-0.25, -0.2) is 8.42 Å². The summed E-state index contributed by atoms with van der Waals surface area (Å²) in [5.41, 5.74) is -0.163. The van der Waals surface area contributed by atoms with E-state index in [1.54, 1.807) is 30.1 Å². The number of rotatable bonds is 7. The zero-order chi connectivity index (χ0) is 21.0. The Morgan fingerprint density at radius 1 is 1.10 bits per heavy atom. The molecule has 2 aromatic carbocycles. The molecule has 0 aliphatic heterocycles. The van der Waals surface area contributed by atoms with E-state index in [0.29, 0.717) is 0 Å². The van der Waals surface area contributed by atoms with E-state index in [0.717, 1.165) is 30.0 Å². The molecular weight excluding hydrogens is 394 g/mol. The predicted molar refractivity (Wildman–Crippen MR) is 109 cm³/mol. The number of anilines is 1. The Bertz CT molecular complexity index is 988. The average molecular weight is 417 g/mol. The summed E-state index contributed by atoms with van der Waals surface area (Å²) in [6, 6.07) is 13.1. The number of carbonyl (C=O) groups is 1. The minimum absolute atomic E-state index is 0.0165. The van der Waals surface area contributed by atoms with Crippen molar-refractivity contribution in [1.82, 2.24) is 4.90 Å². The molecule has 29 heavy (non-hydrogen) atoms. The van der Waals surface area contributed by atoms with E-state index in [1.807, 2.05) is 0 Å². The number of sulfonamides is 1. The van der Waals surface area contributed by atoms with Gasteiger partial charge in [0.25, 0.3) is 15.7 Å². The van der Waals surface area contributed by atoms with Gasteiger partial charge in [-0.05, 0) is 31.0 Å². The number of nitro benzene ring substituents is 1. The Hall–Kier alpha value is -2.94. The van der Waals surface area contributed by atoms with Crippen molar-refractivity contribution < 1.29 is 18.1 Å². The highest BCUT2D eigenvalue weighted by molar-refractivity contribution is 7.92. The molecule has 0 atom stereocenters. The first-order valence-electron chi connectivity index (χ1n) is 9.38. The van der Waals surface area contributed by atoms with Gasteiger partial charge in [-0.15, -0.1) is 0 Å². The summed E-state index contributed by atoms with van der Waals surface area (Å²) in [6.45, 7) is -0.425. The Morgan fingerprint density at radius 3 is 2.38 bits per heavy atom. The van der Waals surface area contributed by atoms with Crippen LogP contribution in [0.3, 0.4) is 0 Å². The van der Waals surface area contributed by atoms with Crippen molar-refractivity contribution in [2.24, 2.45) is 0 Å². The molecule has 1 fully saturated rings. The Morgan fingerprint density at radius 2 is 1.76 bits per heavy atom. The highest BCUT2D eigenvalue weighted by atomic mass is 32.2. The summed E-state index contributed by atoms with van der Waals surface area (Å²) < 4.78 is 27.5. The second-order valence-electron chi connectivity index (χ2n) is 7.04. The Labute approximate surface area is 169 Å². The normalized spacial score (nSPS) is 14.5. The lowest BCUT2D eigenvalue weighted by Crippen LogP contribution is -2.44. The standard InChI is InChI=1S/C20H23N3O5S/c1-21(16-8-5-6-9-16)20(24)15-22(17-10-7-11-18(14-17)23(25)26)29(27,28)19-12-3-2-4-13-19/h2-4,7,10-14,16H,5-6,8-9,15H2,1H3. The van der Waals surface area contributed by atoms with E-state index in [-0.39, 0.29) is 28.2 Å². The first-order chi connectivity index (χ1) is 13.8. The van der Waals surface area contributed by atoms with Gasteiger partial charge in [0.1, 0.15) is 6.54 Å². The van der Waals surface area contributed by atoms with Crippen LogP contribution >= 0.6 is 0 Å². The number of hydrogen-bond donors (Lipinski definition) is 0. The molecule has 154 valence electrons. The molecule has 0 heterocycles. The van der Waals surface area contributed by atoms with Gasteiger partial charge in [-0.2, -0.15) is 0 Å². The summed E-state index contributed by atoms with van der Waals surface area (Å²) in [6.07, 6.45) is 3.87. The van der Waals surface area contributed by atoms with E-state index < -0.39 is 21.5 Å². The summed E-state index contributed by atoms with van der Waals surface area (Å²) in [4.78, 5) is 25.1. The van der Waals surface area contributed by atoms with Crippen LogP contribution < -0.4 is 4.31 Å². The fourth-order valence-corrected chi connectivity index (χ4v) is 4.95. The van der Waals surface area contributed by atoms with Gasteiger partial charge in [0.05, 0.1) is 15.5 Å². The fraction of sp³-hybridized carbons (Fsp3) is 0.350. The van der Waals surface area contributed by atoms with Gasteiger partial charge < -0.3 is 4.90 Å². The van der Waals surface area contributed by atoms with E-state index in [4.69, 9.17) is 0 Å². The molecule has 0 unspecified atom stereocenters. The Kier molecular flexibility index (Phi) is 6.17. The third kappa shape index (κ3) is 4.56. The molecule has 0 N–H and O–H groups in total. The molecule has 0 saturated heterocycles. The van der Waals surface area contributed by atoms with Crippen LogP contribution in [0.15, 0.2) is 59.5 Å². The topological polar surface area (TPSA) is 101 Å².